The number of hydrogen-bond donors (Lipinski definition) is 3. The minimum absolute atomic E-state index is 0.0658. The van der Waals surface area contributed by atoms with Gasteiger partial charge in [0.15, 0.2) is 17.2 Å². The van der Waals surface area contributed by atoms with E-state index in [9.17, 15) is 19.2 Å². The summed E-state index contributed by atoms with van der Waals surface area (Å²) in [7, 11) is 0. The van der Waals surface area contributed by atoms with Crippen molar-refractivity contribution >= 4 is 23.5 Å². The highest BCUT2D eigenvalue weighted by atomic mass is 16.6. The van der Waals surface area contributed by atoms with E-state index in [1.54, 1.807) is 26.8 Å². The van der Waals surface area contributed by atoms with Crippen molar-refractivity contribution in [2.24, 2.45) is 11.8 Å². The molecular formula is C32H45N5O7. The van der Waals surface area contributed by atoms with Crippen LogP contribution in [0.15, 0.2) is 40.9 Å². The number of amides is 3. The van der Waals surface area contributed by atoms with Crippen molar-refractivity contribution in [2.75, 3.05) is 32.9 Å². The Labute approximate surface area is 258 Å². The van der Waals surface area contributed by atoms with Crippen LogP contribution < -0.4 is 16.0 Å². The number of aromatic nitrogens is 1. The second kappa shape index (κ2) is 14.9. The lowest BCUT2D eigenvalue weighted by molar-refractivity contribution is -0.133. The van der Waals surface area contributed by atoms with E-state index < -0.39 is 41.4 Å². The van der Waals surface area contributed by atoms with E-state index in [0.29, 0.717) is 38.5 Å². The maximum Gasteiger partial charge on any atom is 0.274 e. The van der Waals surface area contributed by atoms with Crippen molar-refractivity contribution in [2.45, 2.75) is 77.7 Å². The average molecular weight is 612 g/mol. The van der Waals surface area contributed by atoms with Crippen LogP contribution in [0.5, 0.6) is 0 Å². The van der Waals surface area contributed by atoms with Crippen LogP contribution in [0.3, 0.4) is 0 Å². The van der Waals surface area contributed by atoms with Gasteiger partial charge < -0.3 is 29.9 Å². The summed E-state index contributed by atoms with van der Waals surface area (Å²) >= 11 is 0. The number of ether oxygens (including phenoxy) is 2. The van der Waals surface area contributed by atoms with Gasteiger partial charge in [0.25, 0.3) is 5.91 Å². The van der Waals surface area contributed by atoms with Crippen LogP contribution in [0.4, 0.5) is 0 Å². The Morgan fingerprint density at radius 3 is 2.23 bits per heavy atom. The van der Waals surface area contributed by atoms with E-state index in [0.717, 1.165) is 18.7 Å². The topological polar surface area (TPSA) is 155 Å². The van der Waals surface area contributed by atoms with E-state index in [4.69, 9.17) is 14.0 Å². The zero-order valence-corrected chi connectivity index (χ0v) is 26.3. The highest BCUT2D eigenvalue weighted by Crippen LogP contribution is 2.29. The maximum atomic E-state index is 13.7. The van der Waals surface area contributed by atoms with Gasteiger partial charge in [-0.05, 0) is 30.7 Å². The summed E-state index contributed by atoms with van der Waals surface area (Å²) in [5, 5.41) is 12.4. The third-order valence-electron chi connectivity index (χ3n) is 7.86. The molecule has 240 valence electrons. The average Bonchev–Trinajstić information content (AvgIpc) is 3.57. The highest BCUT2D eigenvalue weighted by molar-refractivity contribution is 5.99. The van der Waals surface area contributed by atoms with Crippen LogP contribution in [0.2, 0.25) is 0 Å². The first-order valence-electron chi connectivity index (χ1n) is 15.3. The number of rotatable bonds is 15. The van der Waals surface area contributed by atoms with Gasteiger partial charge in [-0.15, -0.1) is 0 Å². The predicted octanol–water partition coefficient (Wildman–Crippen LogP) is 1.88. The Hall–Kier alpha value is -3.61. The first kappa shape index (κ1) is 33.3. The lowest BCUT2D eigenvalue weighted by Crippen LogP contribution is -2.58. The van der Waals surface area contributed by atoms with Gasteiger partial charge >= 0.3 is 0 Å². The molecule has 0 saturated carbocycles. The van der Waals surface area contributed by atoms with Gasteiger partial charge in [-0.2, -0.15) is 0 Å². The summed E-state index contributed by atoms with van der Waals surface area (Å²) in [4.78, 5) is 55.8. The molecule has 4 atom stereocenters. The summed E-state index contributed by atoms with van der Waals surface area (Å²) in [5.41, 5.74) is -0.00452. The normalized spacial score (nSPS) is 20.5. The SMILES string of the molecule is CC(C)CC(NC(=O)[C@H](Cc1ccccc1)NC(=O)C(NC(=O)c1cc(CN2CCOCC2)on1)C(C)C)C(=O)[C@@]1(C)CO1. The van der Waals surface area contributed by atoms with E-state index in [2.05, 4.69) is 26.0 Å². The van der Waals surface area contributed by atoms with Crippen LogP contribution in [0.1, 0.15) is 62.9 Å². The second-order valence-corrected chi connectivity index (χ2v) is 12.6. The molecule has 0 radical (unpaired) electrons. The molecular weight excluding hydrogens is 566 g/mol. The summed E-state index contributed by atoms with van der Waals surface area (Å²) in [6, 6.07) is 8.16. The maximum absolute atomic E-state index is 13.7. The Balaban J connectivity index is 1.45. The lowest BCUT2D eigenvalue weighted by Gasteiger charge is -2.27. The molecule has 2 saturated heterocycles. The van der Waals surface area contributed by atoms with Crippen molar-refractivity contribution < 1.29 is 33.2 Å². The number of nitrogens with one attached hydrogen (secondary N) is 3. The highest BCUT2D eigenvalue weighted by Gasteiger charge is 2.50. The minimum atomic E-state index is -0.995. The van der Waals surface area contributed by atoms with Gasteiger partial charge in [0.2, 0.25) is 11.8 Å². The number of hydrogen-bond acceptors (Lipinski definition) is 9. The monoisotopic (exact) mass is 611 g/mol. The molecule has 2 aliphatic rings. The fourth-order valence-electron chi connectivity index (χ4n) is 5.14. The largest absolute Gasteiger partial charge is 0.379 e. The molecule has 2 fully saturated rings. The number of carbonyl (C=O) groups excluding carboxylic acids is 4. The van der Waals surface area contributed by atoms with Crippen LogP contribution in [0, 0.1) is 11.8 Å². The van der Waals surface area contributed by atoms with Crippen molar-refractivity contribution in [1.82, 2.24) is 26.0 Å². The van der Waals surface area contributed by atoms with E-state index >= 15 is 0 Å². The van der Waals surface area contributed by atoms with Gasteiger partial charge in [-0.3, -0.25) is 24.1 Å². The molecule has 1 aromatic carbocycles. The van der Waals surface area contributed by atoms with Crippen molar-refractivity contribution in [3.05, 3.63) is 53.4 Å². The smallest absolute Gasteiger partial charge is 0.274 e. The number of benzene rings is 1. The van der Waals surface area contributed by atoms with Gasteiger partial charge in [-0.1, -0.05) is 63.2 Å². The molecule has 12 nitrogen and oxygen atoms in total. The van der Waals surface area contributed by atoms with Crippen molar-refractivity contribution in [1.29, 1.82) is 0 Å². The number of morpholine rings is 1. The molecule has 0 bridgehead atoms. The quantitative estimate of drug-likeness (QED) is 0.256. The zero-order valence-electron chi connectivity index (χ0n) is 26.3. The van der Waals surface area contributed by atoms with Gasteiger partial charge in [-0.25, -0.2) is 0 Å². The summed E-state index contributed by atoms with van der Waals surface area (Å²) in [5.74, 6) is -1.37. The number of ketones is 1. The summed E-state index contributed by atoms with van der Waals surface area (Å²) in [6.07, 6.45) is 0.632. The Kier molecular flexibility index (Phi) is 11.3. The molecule has 2 aromatic rings. The fraction of sp³-hybridized carbons (Fsp3) is 0.594. The summed E-state index contributed by atoms with van der Waals surface area (Å²) in [6.45, 7) is 12.9. The first-order chi connectivity index (χ1) is 20.9. The number of carbonyl (C=O) groups is 4. The van der Waals surface area contributed by atoms with E-state index in [-0.39, 0.29) is 29.7 Å². The molecule has 3 heterocycles. The van der Waals surface area contributed by atoms with E-state index in [1.165, 1.54) is 0 Å². The van der Waals surface area contributed by atoms with Gasteiger partial charge in [0, 0.05) is 25.6 Å². The molecule has 0 aliphatic carbocycles. The van der Waals surface area contributed by atoms with Gasteiger partial charge in [0.05, 0.1) is 32.4 Å². The molecule has 3 amide bonds. The molecule has 2 aliphatic heterocycles. The number of nitrogens with zero attached hydrogens (tertiary/aromatic N) is 2. The Morgan fingerprint density at radius 2 is 1.61 bits per heavy atom. The van der Waals surface area contributed by atoms with Crippen LogP contribution in [-0.4, -0.2) is 90.2 Å². The molecule has 0 spiro atoms. The third kappa shape index (κ3) is 9.20. The molecule has 1 aromatic heterocycles. The van der Waals surface area contributed by atoms with Crippen LogP contribution in [-0.2, 0) is 36.8 Å². The predicted molar refractivity (Wildman–Crippen MR) is 162 cm³/mol. The molecule has 3 N–H and O–H groups in total. The van der Waals surface area contributed by atoms with Crippen molar-refractivity contribution in [3.8, 4) is 0 Å². The van der Waals surface area contributed by atoms with Gasteiger partial charge in [0.1, 0.15) is 17.7 Å². The Morgan fingerprint density at radius 1 is 0.955 bits per heavy atom. The molecule has 2 unspecified atom stereocenters. The van der Waals surface area contributed by atoms with Crippen molar-refractivity contribution in [3.63, 3.8) is 0 Å². The third-order valence-corrected chi connectivity index (χ3v) is 7.86. The lowest BCUT2D eigenvalue weighted by atomic mass is 9.93. The number of epoxide rings is 1. The van der Waals surface area contributed by atoms with Crippen LogP contribution in [0.25, 0.3) is 0 Å². The number of Topliss-reactive ketones (excluding diaryl/α,β-unsaturated/α-hetero) is 1. The van der Waals surface area contributed by atoms with Crippen LogP contribution >= 0.6 is 0 Å². The molecule has 4 rings (SSSR count). The standard InChI is InChI=1S/C32H45N5O7/c1-20(2)15-24(28(38)32(5)19-43-32)33-29(39)25(16-22-9-7-6-8-10-22)34-31(41)27(21(3)4)35-30(40)26-17-23(44-36-26)18-37-11-13-42-14-12-37/h6-10,17,20-21,24-25,27H,11-16,18-19H2,1-5H3,(H,33,39)(H,34,41)(H,35,40)/t24?,25-,27?,32+/m0/s1. The second-order valence-electron chi connectivity index (χ2n) is 12.6. The Bertz CT molecular complexity index is 1280. The molecule has 12 heteroatoms. The minimum Gasteiger partial charge on any atom is -0.379 e. The fourth-order valence-corrected chi connectivity index (χ4v) is 5.14. The zero-order chi connectivity index (χ0) is 31.9. The molecule has 44 heavy (non-hydrogen) atoms. The first-order valence-corrected chi connectivity index (χ1v) is 15.3. The summed E-state index contributed by atoms with van der Waals surface area (Å²) < 4.78 is 16.1. The van der Waals surface area contributed by atoms with E-state index in [1.807, 2.05) is 44.2 Å².